The molecule has 2 rings (SSSR count). The van der Waals surface area contributed by atoms with Gasteiger partial charge in [0.1, 0.15) is 5.70 Å². The minimum atomic E-state index is -0.476. The van der Waals surface area contributed by atoms with Crippen LogP contribution in [-0.2, 0) is 4.79 Å². The average molecular weight is 259 g/mol. The predicted molar refractivity (Wildman–Crippen MR) is 74.7 cm³/mol. The number of imide groups is 1. The van der Waals surface area contributed by atoms with Gasteiger partial charge in [-0.1, -0.05) is 12.1 Å². The molecule has 1 fully saturated rings. The first-order chi connectivity index (χ1) is 9.13. The summed E-state index contributed by atoms with van der Waals surface area (Å²) in [5.41, 5.74) is 2.30. The summed E-state index contributed by atoms with van der Waals surface area (Å²) in [5, 5.41) is 4.63. The van der Waals surface area contributed by atoms with E-state index in [1.54, 1.807) is 6.08 Å². The Morgan fingerprint density at radius 1 is 1.05 bits per heavy atom. The van der Waals surface area contributed by atoms with Crippen LogP contribution in [0.1, 0.15) is 19.4 Å². The fourth-order valence-electron chi connectivity index (χ4n) is 2.02. The quantitative estimate of drug-likeness (QED) is 0.639. The minimum absolute atomic E-state index is 0.278. The van der Waals surface area contributed by atoms with Crippen molar-refractivity contribution in [3.8, 4) is 0 Å². The second-order valence-corrected chi connectivity index (χ2v) is 4.23. The van der Waals surface area contributed by atoms with E-state index in [9.17, 15) is 9.59 Å². The van der Waals surface area contributed by atoms with Crippen LogP contribution in [0.2, 0.25) is 0 Å². The summed E-state index contributed by atoms with van der Waals surface area (Å²) in [6.07, 6.45) is 1.66. The first kappa shape index (κ1) is 13.1. The largest absolute Gasteiger partial charge is 0.372 e. The van der Waals surface area contributed by atoms with Gasteiger partial charge in [0, 0.05) is 18.8 Å². The fraction of sp³-hybridized carbons (Fsp3) is 0.286. The summed E-state index contributed by atoms with van der Waals surface area (Å²) >= 11 is 0. The number of carbonyl (C=O) groups is 2. The molecule has 3 amide bonds. The van der Waals surface area contributed by atoms with E-state index >= 15 is 0 Å². The molecule has 1 aromatic rings. The van der Waals surface area contributed by atoms with E-state index in [1.807, 2.05) is 24.3 Å². The molecule has 2 N–H and O–H groups in total. The Morgan fingerprint density at radius 2 is 1.68 bits per heavy atom. The molecule has 0 bridgehead atoms. The van der Waals surface area contributed by atoms with Crippen molar-refractivity contribution in [3.05, 3.63) is 35.5 Å². The van der Waals surface area contributed by atoms with E-state index in [2.05, 4.69) is 29.4 Å². The molecule has 1 aromatic carbocycles. The van der Waals surface area contributed by atoms with Crippen molar-refractivity contribution in [2.45, 2.75) is 13.8 Å². The van der Waals surface area contributed by atoms with Crippen molar-refractivity contribution in [3.63, 3.8) is 0 Å². The monoisotopic (exact) mass is 259 g/mol. The summed E-state index contributed by atoms with van der Waals surface area (Å²) in [7, 11) is 0. The summed E-state index contributed by atoms with van der Waals surface area (Å²) in [6.45, 7) is 6.13. The smallest absolute Gasteiger partial charge is 0.326 e. The topological polar surface area (TPSA) is 61.4 Å². The maximum absolute atomic E-state index is 11.4. The molecule has 0 spiro atoms. The third-order valence-corrected chi connectivity index (χ3v) is 3.05. The highest BCUT2D eigenvalue weighted by Crippen LogP contribution is 2.16. The van der Waals surface area contributed by atoms with Crippen LogP contribution in [0, 0.1) is 0 Å². The molecule has 0 unspecified atom stereocenters. The molecule has 100 valence electrons. The van der Waals surface area contributed by atoms with Crippen molar-refractivity contribution in [2.75, 3.05) is 18.0 Å². The van der Waals surface area contributed by atoms with Gasteiger partial charge in [-0.3, -0.25) is 10.1 Å². The lowest BCUT2D eigenvalue weighted by molar-refractivity contribution is -0.115. The third kappa shape index (κ3) is 2.93. The lowest BCUT2D eigenvalue weighted by Gasteiger charge is -2.20. The number of rotatable bonds is 4. The number of benzene rings is 1. The SMILES string of the molecule is CCN(CC)c1ccc(/C=C2/NC(=O)NC2=O)cc1. The van der Waals surface area contributed by atoms with E-state index < -0.39 is 11.9 Å². The molecular formula is C14H17N3O2. The third-order valence-electron chi connectivity index (χ3n) is 3.05. The van der Waals surface area contributed by atoms with Gasteiger partial charge in [-0.15, -0.1) is 0 Å². The summed E-state index contributed by atoms with van der Waals surface area (Å²) < 4.78 is 0. The van der Waals surface area contributed by atoms with Crippen LogP contribution < -0.4 is 15.5 Å². The van der Waals surface area contributed by atoms with Crippen LogP contribution in [-0.4, -0.2) is 25.0 Å². The molecular weight excluding hydrogens is 242 g/mol. The second-order valence-electron chi connectivity index (χ2n) is 4.23. The van der Waals surface area contributed by atoms with Crippen LogP contribution in [0.25, 0.3) is 6.08 Å². The molecule has 0 atom stereocenters. The molecule has 1 aliphatic rings. The maximum atomic E-state index is 11.4. The molecule has 5 nitrogen and oxygen atoms in total. The van der Waals surface area contributed by atoms with Crippen molar-refractivity contribution in [1.29, 1.82) is 0 Å². The van der Waals surface area contributed by atoms with Crippen molar-refractivity contribution < 1.29 is 9.59 Å². The van der Waals surface area contributed by atoms with Crippen molar-refractivity contribution in [2.24, 2.45) is 0 Å². The van der Waals surface area contributed by atoms with Gasteiger partial charge in [-0.2, -0.15) is 0 Å². The van der Waals surface area contributed by atoms with E-state index in [0.717, 1.165) is 24.3 Å². The first-order valence-electron chi connectivity index (χ1n) is 6.33. The number of hydrogen-bond donors (Lipinski definition) is 2. The van der Waals surface area contributed by atoms with Crippen molar-refractivity contribution in [1.82, 2.24) is 10.6 Å². The number of nitrogens with zero attached hydrogens (tertiary/aromatic N) is 1. The normalized spacial score (nSPS) is 16.4. The van der Waals surface area contributed by atoms with E-state index in [-0.39, 0.29) is 5.70 Å². The van der Waals surface area contributed by atoms with E-state index in [0.29, 0.717) is 0 Å². The minimum Gasteiger partial charge on any atom is -0.372 e. The number of hydrogen-bond acceptors (Lipinski definition) is 3. The highest BCUT2D eigenvalue weighted by atomic mass is 16.2. The fourth-order valence-corrected chi connectivity index (χ4v) is 2.02. The number of carbonyl (C=O) groups excluding carboxylic acids is 2. The number of nitrogens with one attached hydrogen (secondary N) is 2. The van der Waals surface area contributed by atoms with E-state index in [4.69, 9.17) is 0 Å². The number of anilines is 1. The van der Waals surface area contributed by atoms with Gasteiger partial charge in [-0.05, 0) is 37.6 Å². The molecule has 0 aromatic heterocycles. The van der Waals surface area contributed by atoms with Crippen LogP contribution in [0.3, 0.4) is 0 Å². The van der Waals surface area contributed by atoms with Crippen molar-refractivity contribution >= 4 is 23.7 Å². The summed E-state index contributed by atoms with van der Waals surface area (Å²) in [5.74, 6) is -0.391. The predicted octanol–water partition coefficient (Wildman–Crippen LogP) is 1.71. The van der Waals surface area contributed by atoms with Crippen LogP contribution in [0.15, 0.2) is 30.0 Å². The zero-order chi connectivity index (χ0) is 13.8. The highest BCUT2D eigenvalue weighted by molar-refractivity contribution is 6.13. The maximum Gasteiger partial charge on any atom is 0.326 e. The van der Waals surface area contributed by atoms with Gasteiger partial charge >= 0.3 is 6.03 Å². The molecule has 1 heterocycles. The second kappa shape index (κ2) is 5.56. The molecule has 0 aliphatic carbocycles. The van der Waals surface area contributed by atoms with Crippen LogP contribution in [0.4, 0.5) is 10.5 Å². The lowest BCUT2D eigenvalue weighted by atomic mass is 10.1. The van der Waals surface area contributed by atoms with Gasteiger partial charge in [0.2, 0.25) is 0 Å². The first-order valence-corrected chi connectivity index (χ1v) is 6.33. The molecule has 1 saturated heterocycles. The van der Waals surface area contributed by atoms with Crippen LogP contribution >= 0.6 is 0 Å². The number of urea groups is 1. The summed E-state index contributed by atoms with van der Waals surface area (Å²) in [4.78, 5) is 24.6. The zero-order valence-electron chi connectivity index (χ0n) is 11.1. The Hall–Kier alpha value is -2.30. The Balaban J connectivity index is 2.17. The number of amides is 3. The van der Waals surface area contributed by atoms with Crippen LogP contribution in [0.5, 0.6) is 0 Å². The average Bonchev–Trinajstić information content (AvgIpc) is 2.71. The molecule has 5 heteroatoms. The molecule has 19 heavy (non-hydrogen) atoms. The Kier molecular flexibility index (Phi) is 3.85. The Bertz CT molecular complexity index is 516. The molecule has 0 radical (unpaired) electrons. The van der Waals surface area contributed by atoms with E-state index in [1.165, 1.54) is 0 Å². The zero-order valence-corrected chi connectivity index (χ0v) is 11.1. The Labute approximate surface area is 112 Å². The van der Waals surface area contributed by atoms with Gasteiger partial charge in [0.05, 0.1) is 0 Å². The lowest BCUT2D eigenvalue weighted by Crippen LogP contribution is -2.22. The summed E-state index contributed by atoms with van der Waals surface area (Å²) in [6, 6.07) is 7.40. The van der Waals surface area contributed by atoms with Gasteiger partial charge in [-0.25, -0.2) is 4.79 Å². The van der Waals surface area contributed by atoms with Gasteiger partial charge in [0.15, 0.2) is 0 Å². The standard InChI is InChI=1S/C14H17N3O2/c1-3-17(4-2)11-7-5-10(6-8-11)9-12-13(18)16-14(19)15-12/h5-9H,3-4H2,1-2H3,(H2,15,16,18,19)/b12-9+. The highest BCUT2D eigenvalue weighted by Gasteiger charge is 2.22. The van der Waals surface area contributed by atoms with Gasteiger partial charge in [0.25, 0.3) is 5.91 Å². The Morgan fingerprint density at radius 3 is 2.16 bits per heavy atom. The van der Waals surface area contributed by atoms with Gasteiger partial charge < -0.3 is 10.2 Å². The molecule has 0 saturated carbocycles. The molecule has 1 aliphatic heterocycles.